The van der Waals surface area contributed by atoms with E-state index in [1.165, 1.54) is 67.3 Å². The maximum atomic E-state index is 4.00. The molecule has 0 saturated carbocycles. The summed E-state index contributed by atoms with van der Waals surface area (Å²) in [4.78, 5) is 0. The Morgan fingerprint density at radius 3 is 0.580 bits per heavy atom. The third-order valence-electron chi connectivity index (χ3n) is 10.2. The van der Waals surface area contributed by atoms with E-state index in [0.717, 1.165) is 74.1 Å². The first kappa shape index (κ1) is 36.6. The second kappa shape index (κ2) is 17.3. The van der Waals surface area contributed by atoms with Crippen LogP contribution in [-0.4, -0.2) is 0 Å². The van der Waals surface area contributed by atoms with Crippen LogP contribution < -0.4 is 21.3 Å². The number of hydrogen-bond donors (Lipinski definition) is 4. The molecule has 0 aliphatic carbocycles. The lowest BCUT2D eigenvalue weighted by atomic mass is 10.00. The summed E-state index contributed by atoms with van der Waals surface area (Å²) in [6.45, 7) is 18.0. The van der Waals surface area contributed by atoms with Crippen molar-refractivity contribution in [2.24, 2.45) is 0 Å². The fourth-order valence-corrected chi connectivity index (χ4v) is 7.16. The van der Waals surface area contributed by atoms with Gasteiger partial charge in [-0.1, -0.05) is 128 Å². The monoisotopic (exact) mass is 666 g/mol. The third kappa shape index (κ3) is 7.86. The first-order chi connectivity index (χ1) is 24.4. The molecule has 4 heteroatoms. The van der Waals surface area contributed by atoms with Gasteiger partial charge in [0, 0.05) is 22.7 Å². The molecule has 0 unspecified atom stereocenters. The maximum Gasteiger partial charge on any atom is 0.0646 e. The molecule has 50 heavy (non-hydrogen) atoms. The van der Waals surface area contributed by atoms with Crippen molar-refractivity contribution < 1.29 is 0 Å². The van der Waals surface area contributed by atoms with Crippen LogP contribution in [-0.2, 0) is 51.4 Å². The van der Waals surface area contributed by atoms with Crippen LogP contribution in [0.4, 0.5) is 45.5 Å². The summed E-state index contributed by atoms with van der Waals surface area (Å²) >= 11 is 0. The van der Waals surface area contributed by atoms with Crippen molar-refractivity contribution >= 4 is 45.5 Å². The Bertz CT molecular complexity index is 1540. The van der Waals surface area contributed by atoms with Gasteiger partial charge in [0.2, 0.25) is 0 Å². The Balaban J connectivity index is 1.80. The Kier molecular flexibility index (Phi) is 12.7. The van der Waals surface area contributed by atoms with Crippen LogP contribution >= 0.6 is 0 Å². The summed E-state index contributed by atoms with van der Waals surface area (Å²) in [6.07, 6.45) is 7.66. The highest BCUT2D eigenvalue weighted by atomic mass is 15.0. The molecule has 0 aliphatic rings. The van der Waals surface area contributed by atoms with Crippen molar-refractivity contribution in [2.45, 2.75) is 107 Å². The zero-order valence-electron chi connectivity index (χ0n) is 31.7. The molecule has 0 radical (unpaired) electrons. The smallest absolute Gasteiger partial charge is 0.0646 e. The molecule has 4 N–H and O–H groups in total. The standard InChI is InChI=1S/C46H58N4/c1-9-31-21-17-22-32(10-2)43(31)47-39-29-41(49-45-35(13-5)25-19-26-36(45)14-6)42(50-46-37(15-7)27-20-28-38(46)16-8)30-40(39)48-44-33(11-3)23-18-24-34(44)12-4/h17-30,47-50H,9-16H2,1-8H3. The van der Waals surface area contributed by atoms with Gasteiger partial charge in [-0.05, 0) is 108 Å². The largest absolute Gasteiger partial charge is 0.353 e. The second-order valence-electron chi connectivity index (χ2n) is 13.1. The molecule has 0 amide bonds. The molecule has 0 spiro atoms. The summed E-state index contributed by atoms with van der Waals surface area (Å²) < 4.78 is 0. The van der Waals surface area contributed by atoms with Crippen molar-refractivity contribution in [3.63, 3.8) is 0 Å². The molecule has 262 valence electrons. The summed E-state index contributed by atoms with van der Waals surface area (Å²) in [5.74, 6) is 0. The van der Waals surface area contributed by atoms with E-state index in [1.807, 2.05) is 0 Å². The van der Waals surface area contributed by atoms with Gasteiger partial charge in [-0.2, -0.15) is 0 Å². The molecule has 5 aromatic rings. The zero-order chi connectivity index (χ0) is 35.6. The van der Waals surface area contributed by atoms with Gasteiger partial charge in [0.05, 0.1) is 22.7 Å². The average molecular weight is 667 g/mol. The Morgan fingerprint density at radius 2 is 0.440 bits per heavy atom. The Labute approximate surface area is 302 Å². The number of hydrogen-bond acceptors (Lipinski definition) is 4. The topological polar surface area (TPSA) is 48.1 Å². The molecule has 0 fully saturated rings. The van der Waals surface area contributed by atoms with Crippen LogP contribution in [0.3, 0.4) is 0 Å². The molecule has 4 nitrogen and oxygen atoms in total. The van der Waals surface area contributed by atoms with Crippen molar-refractivity contribution in [3.05, 3.63) is 129 Å². The molecule has 0 atom stereocenters. The van der Waals surface area contributed by atoms with E-state index >= 15 is 0 Å². The number of nitrogens with one attached hydrogen (secondary N) is 4. The zero-order valence-corrected chi connectivity index (χ0v) is 31.7. The van der Waals surface area contributed by atoms with Crippen LogP contribution in [0.5, 0.6) is 0 Å². The van der Waals surface area contributed by atoms with E-state index in [1.54, 1.807) is 0 Å². The van der Waals surface area contributed by atoms with Gasteiger partial charge in [0.1, 0.15) is 0 Å². The Hall–Kier alpha value is -4.70. The van der Waals surface area contributed by atoms with Gasteiger partial charge in [-0.25, -0.2) is 0 Å². The summed E-state index contributed by atoms with van der Waals surface area (Å²) in [5.41, 5.74) is 19.6. The number of anilines is 8. The first-order valence-electron chi connectivity index (χ1n) is 19.1. The SMILES string of the molecule is CCc1cccc(CC)c1Nc1cc(Nc2c(CC)cccc2CC)c(Nc2c(CC)cccc2CC)cc1Nc1c(CC)cccc1CC. The molecule has 5 rings (SSSR count). The van der Waals surface area contributed by atoms with E-state index in [2.05, 4.69) is 162 Å². The number of benzene rings is 5. The molecule has 0 bridgehead atoms. The first-order valence-corrected chi connectivity index (χ1v) is 19.1. The average Bonchev–Trinajstić information content (AvgIpc) is 3.16. The normalized spacial score (nSPS) is 11.0. The quantitative estimate of drug-likeness (QED) is 0.0846. The highest BCUT2D eigenvalue weighted by molar-refractivity contribution is 5.93. The minimum atomic E-state index is 0.958. The van der Waals surface area contributed by atoms with Gasteiger partial charge in [-0.3, -0.25) is 0 Å². The fourth-order valence-electron chi connectivity index (χ4n) is 7.16. The second-order valence-corrected chi connectivity index (χ2v) is 13.1. The van der Waals surface area contributed by atoms with E-state index in [9.17, 15) is 0 Å². The highest BCUT2D eigenvalue weighted by Crippen LogP contribution is 2.43. The lowest BCUT2D eigenvalue weighted by molar-refractivity contribution is 1.08. The molecule has 0 aliphatic heterocycles. The van der Waals surface area contributed by atoms with E-state index in [-0.39, 0.29) is 0 Å². The van der Waals surface area contributed by atoms with Crippen molar-refractivity contribution in [3.8, 4) is 0 Å². The van der Waals surface area contributed by atoms with Gasteiger partial charge >= 0.3 is 0 Å². The van der Waals surface area contributed by atoms with E-state index in [4.69, 9.17) is 0 Å². The number of rotatable bonds is 16. The van der Waals surface area contributed by atoms with Crippen LogP contribution in [0.25, 0.3) is 0 Å². The lowest BCUT2D eigenvalue weighted by Gasteiger charge is -2.26. The third-order valence-corrected chi connectivity index (χ3v) is 10.2. The predicted octanol–water partition coefficient (Wildman–Crippen LogP) is 13.2. The van der Waals surface area contributed by atoms with Crippen LogP contribution in [0.15, 0.2) is 84.9 Å². The van der Waals surface area contributed by atoms with Gasteiger partial charge in [0.25, 0.3) is 0 Å². The molecule has 0 aromatic heterocycles. The van der Waals surface area contributed by atoms with Crippen molar-refractivity contribution in [2.75, 3.05) is 21.3 Å². The molecule has 0 heterocycles. The van der Waals surface area contributed by atoms with Crippen molar-refractivity contribution in [1.29, 1.82) is 0 Å². The van der Waals surface area contributed by atoms with Crippen molar-refractivity contribution in [1.82, 2.24) is 0 Å². The van der Waals surface area contributed by atoms with Gasteiger partial charge in [-0.15, -0.1) is 0 Å². The van der Waals surface area contributed by atoms with Gasteiger partial charge in [0.15, 0.2) is 0 Å². The Morgan fingerprint density at radius 1 is 0.280 bits per heavy atom. The highest BCUT2D eigenvalue weighted by Gasteiger charge is 2.19. The van der Waals surface area contributed by atoms with Gasteiger partial charge < -0.3 is 21.3 Å². The molecule has 5 aromatic carbocycles. The van der Waals surface area contributed by atoms with E-state index < -0.39 is 0 Å². The van der Waals surface area contributed by atoms with Crippen LogP contribution in [0, 0.1) is 0 Å². The number of para-hydroxylation sites is 4. The summed E-state index contributed by atoms with van der Waals surface area (Å²) in [7, 11) is 0. The van der Waals surface area contributed by atoms with Crippen LogP contribution in [0.1, 0.15) is 99.9 Å². The minimum Gasteiger partial charge on any atom is -0.353 e. The molecular formula is C46H58N4. The summed E-state index contributed by atoms with van der Waals surface area (Å²) in [5, 5.41) is 16.0. The van der Waals surface area contributed by atoms with E-state index in [0.29, 0.717) is 0 Å². The number of aryl methyl sites for hydroxylation is 8. The fraction of sp³-hybridized carbons (Fsp3) is 0.348. The van der Waals surface area contributed by atoms with Crippen LogP contribution in [0.2, 0.25) is 0 Å². The summed E-state index contributed by atoms with van der Waals surface area (Å²) in [6, 6.07) is 31.4. The minimum absolute atomic E-state index is 0.958. The molecular weight excluding hydrogens is 609 g/mol. The molecule has 0 saturated heterocycles. The lowest BCUT2D eigenvalue weighted by Crippen LogP contribution is -2.09. The predicted molar refractivity (Wildman–Crippen MR) is 220 cm³/mol. The maximum absolute atomic E-state index is 4.00.